The Bertz CT molecular complexity index is 577. The Hall–Kier alpha value is -1.02. The molecule has 0 aliphatic rings. The molecule has 0 aliphatic heterocycles. The molecule has 20 heavy (non-hydrogen) atoms. The lowest BCUT2D eigenvalue weighted by atomic mass is 10.2. The van der Waals surface area contributed by atoms with Crippen LogP contribution in [0.25, 0.3) is 5.69 Å². The maximum Gasteiger partial charge on any atom is 0.173 e. The Kier molecular flexibility index (Phi) is 5.47. The molecule has 0 radical (unpaired) electrons. The summed E-state index contributed by atoms with van der Waals surface area (Å²) in [5, 5.41) is 15.7. The number of nitrogens with zero attached hydrogens (tertiary/aromatic N) is 4. The van der Waals surface area contributed by atoms with Crippen LogP contribution in [-0.2, 0) is 4.74 Å². The van der Waals surface area contributed by atoms with Gasteiger partial charge in [-0.25, -0.2) is 0 Å². The first-order valence-corrected chi connectivity index (χ1v) is 7.26. The van der Waals surface area contributed by atoms with E-state index in [2.05, 4.69) is 36.8 Å². The molecule has 1 heterocycles. The summed E-state index contributed by atoms with van der Waals surface area (Å²) in [5.74, 6) is 0.699. The van der Waals surface area contributed by atoms with E-state index in [9.17, 15) is 0 Å². The van der Waals surface area contributed by atoms with E-state index in [1.165, 1.54) is 0 Å². The standard InChI is InChI=1S/C12H15BrClN5O/c1-8(15-5-6-20-2)12-16-17-18-19(12)11-4-3-9(13)7-10(11)14/h3-4,7-8,15H,5-6H2,1-2H3. The Morgan fingerprint density at radius 3 is 3.00 bits per heavy atom. The molecule has 0 fully saturated rings. The summed E-state index contributed by atoms with van der Waals surface area (Å²) in [4.78, 5) is 0. The molecular weight excluding hydrogens is 346 g/mol. The maximum absolute atomic E-state index is 6.24. The number of hydrogen-bond acceptors (Lipinski definition) is 5. The number of rotatable bonds is 6. The summed E-state index contributed by atoms with van der Waals surface area (Å²) >= 11 is 9.62. The van der Waals surface area contributed by atoms with Gasteiger partial charge in [-0.15, -0.1) is 5.10 Å². The molecule has 8 heteroatoms. The third-order valence-corrected chi connectivity index (χ3v) is 3.57. The van der Waals surface area contributed by atoms with Crippen molar-refractivity contribution in [3.05, 3.63) is 33.5 Å². The fourth-order valence-electron chi connectivity index (χ4n) is 1.76. The highest BCUT2D eigenvalue weighted by Gasteiger charge is 2.17. The van der Waals surface area contributed by atoms with Gasteiger partial charge >= 0.3 is 0 Å². The van der Waals surface area contributed by atoms with Crippen LogP contribution in [0, 0.1) is 0 Å². The fraction of sp³-hybridized carbons (Fsp3) is 0.417. The second-order valence-electron chi connectivity index (χ2n) is 4.21. The van der Waals surface area contributed by atoms with E-state index in [-0.39, 0.29) is 6.04 Å². The van der Waals surface area contributed by atoms with Crippen LogP contribution in [0.4, 0.5) is 0 Å². The lowest BCUT2D eigenvalue weighted by Gasteiger charge is -2.14. The van der Waals surface area contributed by atoms with Gasteiger partial charge in [0, 0.05) is 18.1 Å². The average Bonchev–Trinajstić information content (AvgIpc) is 2.88. The van der Waals surface area contributed by atoms with Gasteiger partial charge in [0.2, 0.25) is 0 Å². The summed E-state index contributed by atoms with van der Waals surface area (Å²) in [6.45, 7) is 3.34. The van der Waals surface area contributed by atoms with Crippen LogP contribution in [0.5, 0.6) is 0 Å². The van der Waals surface area contributed by atoms with Gasteiger partial charge in [-0.05, 0) is 35.5 Å². The lowest BCUT2D eigenvalue weighted by molar-refractivity contribution is 0.196. The number of hydrogen-bond donors (Lipinski definition) is 1. The molecular formula is C12H15BrClN5O. The van der Waals surface area contributed by atoms with Crippen LogP contribution in [0.2, 0.25) is 5.02 Å². The van der Waals surface area contributed by atoms with Crippen molar-refractivity contribution in [3.8, 4) is 5.69 Å². The first kappa shape index (κ1) is 15.4. The molecule has 1 N–H and O–H groups in total. The van der Waals surface area contributed by atoms with Gasteiger partial charge in [-0.2, -0.15) is 4.68 Å². The zero-order chi connectivity index (χ0) is 14.5. The quantitative estimate of drug-likeness (QED) is 0.801. The van der Waals surface area contributed by atoms with Crippen molar-refractivity contribution < 1.29 is 4.74 Å². The maximum atomic E-state index is 6.24. The molecule has 2 rings (SSSR count). The van der Waals surface area contributed by atoms with E-state index in [1.54, 1.807) is 11.8 Å². The Labute approximate surface area is 130 Å². The van der Waals surface area contributed by atoms with E-state index in [0.717, 1.165) is 16.7 Å². The Morgan fingerprint density at radius 2 is 2.30 bits per heavy atom. The van der Waals surface area contributed by atoms with Crippen molar-refractivity contribution in [1.29, 1.82) is 0 Å². The molecule has 1 unspecified atom stereocenters. The number of aromatic nitrogens is 4. The van der Waals surface area contributed by atoms with Gasteiger partial charge in [0.05, 0.1) is 23.4 Å². The molecule has 0 bridgehead atoms. The van der Waals surface area contributed by atoms with Gasteiger partial charge in [0.15, 0.2) is 5.82 Å². The van der Waals surface area contributed by atoms with Crippen molar-refractivity contribution in [2.45, 2.75) is 13.0 Å². The zero-order valence-corrected chi connectivity index (χ0v) is 13.5. The van der Waals surface area contributed by atoms with Gasteiger partial charge in [0.1, 0.15) is 0 Å². The van der Waals surface area contributed by atoms with E-state index in [1.807, 2.05) is 25.1 Å². The molecule has 1 aromatic heterocycles. The van der Waals surface area contributed by atoms with E-state index in [4.69, 9.17) is 16.3 Å². The number of benzene rings is 1. The summed E-state index contributed by atoms with van der Waals surface area (Å²) < 4.78 is 7.56. The number of ether oxygens (including phenoxy) is 1. The van der Waals surface area contributed by atoms with Crippen LogP contribution in [-0.4, -0.2) is 40.5 Å². The van der Waals surface area contributed by atoms with Crippen molar-refractivity contribution in [2.24, 2.45) is 0 Å². The molecule has 0 saturated carbocycles. The second kappa shape index (κ2) is 7.12. The SMILES string of the molecule is COCCNC(C)c1nnnn1-c1ccc(Br)cc1Cl. The molecule has 1 atom stereocenters. The predicted molar refractivity (Wildman–Crippen MR) is 80.2 cm³/mol. The average molecular weight is 361 g/mol. The monoisotopic (exact) mass is 359 g/mol. The minimum Gasteiger partial charge on any atom is -0.383 e. The first-order valence-electron chi connectivity index (χ1n) is 6.09. The minimum absolute atomic E-state index is 0.0140. The van der Waals surface area contributed by atoms with Gasteiger partial charge in [-0.3, -0.25) is 0 Å². The van der Waals surface area contributed by atoms with Gasteiger partial charge < -0.3 is 10.1 Å². The Morgan fingerprint density at radius 1 is 1.50 bits per heavy atom. The molecule has 108 valence electrons. The topological polar surface area (TPSA) is 64.9 Å². The molecule has 0 amide bonds. The summed E-state index contributed by atoms with van der Waals surface area (Å²) in [7, 11) is 1.66. The van der Waals surface area contributed by atoms with Crippen molar-refractivity contribution in [3.63, 3.8) is 0 Å². The number of tetrazole rings is 1. The van der Waals surface area contributed by atoms with Crippen LogP contribution in [0.1, 0.15) is 18.8 Å². The van der Waals surface area contributed by atoms with Crippen molar-refractivity contribution >= 4 is 27.5 Å². The molecule has 0 saturated heterocycles. The number of methoxy groups -OCH3 is 1. The van der Waals surface area contributed by atoms with E-state index in [0.29, 0.717) is 17.5 Å². The highest BCUT2D eigenvalue weighted by Crippen LogP contribution is 2.25. The lowest BCUT2D eigenvalue weighted by Crippen LogP contribution is -2.25. The Balaban J connectivity index is 2.23. The van der Waals surface area contributed by atoms with Gasteiger partial charge in [0.25, 0.3) is 0 Å². The smallest absolute Gasteiger partial charge is 0.173 e. The highest BCUT2D eigenvalue weighted by molar-refractivity contribution is 9.10. The van der Waals surface area contributed by atoms with Gasteiger partial charge in [-0.1, -0.05) is 27.5 Å². The zero-order valence-electron chi connectivity index (χ0n) is 11.2. The molecule has 2 aromatic rings. The second-order valence-corrected chi connectivity index (χ2v) is 5.54. The summed E-state index contributed by atoms with van der Waals surface area (Å²) in [6.07, 6.45) is 0. The largest absolute Gasteiger partial charge is 0.383 e. The molecule has 6 nitrogen and oxygen atoms in total. The summed E-state index contributed by atoms with van der Waals surface area (Å²) in [5.41, 5.74) is 0.746. The molecule has 0 spiro atoms. The predicted octanol–water partition coefficient (Wildman–Crippen LogP) is 2.38. The van der Waals surface area contributed by atoms with Crippen molar-refractivity contribution in [2.75, 3.05) is 20.3 Å². The van der Waals surface area contributed by atoms with Crippen molar-refractivity contribution in [1.82, 2.24) is 25.5 Å². The van der Waals surface area contributed by atoms with E-state index < -0.39 is 0 Å². The van der Waals surface area contributed by atoms with Crippen LogP contribution < -0.4 is 5.32 Å². The molecule has 0 aliphatic carbocycles. The normalized spacial score (nSPS) is 12.6. The summed E-state index contributed by atoms with van der Waals surface area (Å²) in [6, 6.07) is 5.56. The van der Waals surface area contributed by atoms with E-state index >= 15 is 0 Å². The highest BCUT2D eigenvalue weighted by atomic mass is 79.9. The van der Waals surface area contributed by atoms with Crippen LogP contribution in [0.15, 0.2) is 22.7 Å². The molecule has 1 aromatic carbocycles. The third-order valence-electron chi connectivity index (χ3n) is 2.78. The van der Waals surface area contributed by atoms with Crippen LogP contribution >= 0.6 is 27.5 Å². The number of nitrogens with one attached hydrogen (secondary N) is 1. The van der Waals surface area contributed by atoms with Crippen LogP contribution in [0.3, 0.4) is 0 Å². The first-order chi connectivity index (χ1) is 9.63. The third kappa shape index (κ3) is 3.54. The fourth-order valence-corrected chi connectivity index (χ4v) is 2.51. The minimum atomic E-state index is -0.0140. The number of halogens is 2.